The molecule has 0 spiro atoms. The highest BCUT2D eigenvalue weighted by Gasteiger charge is 2.13. The van der Waals surface area contributed by atoms with Crippen LogP contribution in [0.4, 0.5) is 5.95 Å². The number of benzene rings is 1. The van der Waals surface area contributed by atoms with E-state index in [2.05, 4.69) is 27.9 Å². The number of hydrogen-bond acceptors (Lipinski definition) is 5. The molecule has 7 heteroatoms. The number of ether oxygens (including phenoxy) is 1. The summed E-state index contributed by atoms with van der Waals surface area (Å²) in [6.07, 6.45) is 24.4. The van der Waals surface area contributed by atoms with Gasteiger partial charge >= 0.3 is 0 Å². The van der Waals surface area contributed by atoms with E-state index in [0.29, 0.717) is 12.3 Å². The van der Waals surface area contributed by atoms with Gasteiger partial charge in [0, 0.05) is 6.61 Å². The number of anilines is 1. The molecule has 0 fully saturated rings. The number of unbranched alkanes of at least 4 members (excludes halogenated alkanes) is 15. The minimum absolute atomic E-state index is 0.0869. The molecule has 7 nitrogen and oxygen atoms in total. The monoisotopic (exact) mass is 523 g/mol. The Morgan fingerprint density at radius 1 is 0.816 bits per heavy atom. The van der Waals surface area contributed by atoms with Crippen molar-refractivity contribution >= 4 is 17.1 Å². The van der Waals surface area contributed by atoms with Crippen LogP contribution in [0.3, 0.4) is 0 Å². The van der Waals surface area contributed by atoms with Gasteiger partial charge in [-0.2, -0.15) is 4.98 Å². The van der Waals surface area contributed by atoms with E-state index in [0.717, 1.165) is 30.7 Å². The van der Waals surface area contributed by atoms with Gasteiger partial charge in [-0.15, -0.1) is 0 Å². The zero-order chi connectivity index (χ0) is 26.8. The lowest BCUT2D eigenvalue weighted by atomic mass is 10.0. The number of nitrogens with one attached hydrogen (secondary N) is 1. The number of hydrogen-bond donors (Lipinski definition) is 2. The van der Waals surface area contributed by atoms with Crippen LogP contribution in [-0.2, 0) is 11.2 Å². The van der Waals surface area contributed by atoms with Crippen LogP contribution in [0.5, 0.6) is 0 Å². The third-order valence-electron chi connectivity index (χ3n) is 7.33. The summed E-state index contributed by atoms with van der Waals surface area (Å²) in [5, 5.41) is 0. The van der Waals surface area contributed by atoms with Crippen LogP contribution in [0.2, 0.25) is 0 Å². The van der Waals surface area contributed by atoms with Crippen molar-refractivity contribution in [3.63, 3.8) is 0 Å². The second-order valence-electron chi connectivity index (χ2n) is 10.5. The van der Waals surface area contributed by atoms with E-state index in [1.165, 1.54) is 96.3 Å². The summed E-state index contributed by atoms with van der Waals surface area (Å²) >= 11 is 0. The Morgan fingerprint density at radius 2 is 1.39 bits per heavy atom. The maximum atomic E-state index is 12.1. The van der Waals surface area contributed by atoms with Crippen molar-refractivity contribution in [2.24, 2.45) is 0 Å². The molecule has 0 saturated heterocycles. The first-order valence-corrected chi connectivity index (χ1v) is 15.1. The van der Waals surface area contributed by atoms with Gasteiger partial charge in [-0.25, -0.2) is 4.98 Å². The number of para-hydroxylation sites is 1. The summed E-state index contributed by atoms with van der Waals surface area (Å²) in [6.45, 7) is 3.76. The lowest BCUT2D eigenvalue weighted by molar-refractivity contribution is 0.133. The molecule has 0 aliphatic heterocycles. The first-order valence-electron chi connectivity index (χ1n) is 15.1. The van der Waals surface area contributed by atoms with Crippen molar-refractivity contribution in [2.75, 3.05) is 18.9 Å². The Morgan fingerprint density at radius 3 is 2.03 bits per heavy atom. The molecular weight excluding hydrogens is 474 g/mol. The molecule has 3 aromatic rings. The summed E-state index contributed by atoms with van der Waals surface area (Å²) in [5.41, 5.74) is 8.25. The SMILES string of the molecule is CCCCCCCCCCCCCCCCCCOCCc1ccccc1-n1cnc2c(=O)[nH]c(N)nc21. The van der Waals surface area contributed by atoms with E-state index in [4.69, 9.17) is 10.5 Å². The molecule has 0 unspecified atom stereocenters. The van der Waals surface area contributed by atoms with Gasteiger partial charge in [0.2, 0.25) is 5.95 Å². The molecule has 2 heterocycles. The van der Waals surface area contributed by atoms with Gasteiger partial charge < -0.3 is 10.5 Å². The van der Waals surface area contributed by atoms with Crippen LogP contribution in [-0.4, -0.2) is 32.7 Å². The zero-order valence-corrected chi connectivity index (χ0v) is 23.6. The van der Waals surface area contributed by atoms with Crippen LogP contribution in [0.1, 0.15) is 115 Å². The van der Waals surface area contributed by atoms with Crippen LogP contribution in [0, 0.1) is 0 Å². The maximum absolute atomic E-state index is 12.1. The normalized spacial score (nSPS) is 11.5. The summed E-state index contributed by atoms with van der Waals surface area (Å²) in [7, 11) is 0. The largest absolute Gasteiger partial charge is 0.381 e. The standard InChI is InChI=1S/C31H49N5O2/c1-2-3-4-5-6-7-8-9-10-11-12-13-14-15-16-19-23-38-24-22-26-20-17-18-21-27(26)36-25-33-28-29(36)34-31(32)35-30(28)37/h17-18,20-21,25H,2-16,19,22-24H2,1H3,(H3,32,34,35,37). The van der Waals surface area contributed by atoms with Crippen molar-refractivity contribution in [1.82, 2.24) is 19.5 Å². The first kappa shape index (κ1) is 29.9. The molecule has 2 aromatic heterocycles. The lowest BCUT2D eigenvalue weighted by Gasteiger charge is -2.11. The molecule has 0 aliphatic carbocycles. The van der Waals surface area contributed by atoms with Crippen LogP contribution < -0.4 is 11.3 Å². The van der Waals surface area contributed by atoms with E-state index >= 15 is 0 Å². The highest BCUT2D eigenvalue weighted by Crippen LogP contribution is 2.20. The van der Waals surface area contributed by atoms with Crippen molar-refractivity contribution in [3.8, 4) is 5.69 Å². The fraction of sp³-hybridized carbons (Fsp3) is 0.645. The number of fused-ring (bicyclic) bond motifs is 1. The van der Waals surface area contributed by atoms with Crippen molar-refractivity contribution in [3.05, 3.63) is 46.5 Å². The zero-order valence-electron chi connectivity index (χ0n) is 23.6. The fourth-order valence-corrected chi connectivity index (χ4v) is 5.10. The average molecular weight is 524 g/mol. The summed E-state index contributed by atoms with van der Waals surface area (Å²) in [6, 6.07) is 8.07. The number of nitrogens with zero attached hydrogens (tertiary/aromatic N) is 3. The Labute approximate surface area is 228 Å². The molecule has 0 aliphatic rings. The second kappa shape index (κ2) is 17.8. The molecule has 0 saturated carbocycles. The van der Waals surface area contributed by atoms with E-state index in [1.54, 1.807) is 6.33 Å². The Balaban J connectivity index is 1.21. The minimum atomic E-state index is -0.328. The van der Waals surface area contributed by atoms with Crippen LogP contribution in [0.15, 0.2) is 35.4 Å². The van der Waals surface area contributed by atoms with E-state index < -0.39 is 0 Å². The van der Waals surface area contributed by atoms with Gasteiger partial charge in [0.25, 0.3) is 5.56 Å². The van der Waals surface area contributed by atoms with E-state index in [9.17, 15) is 4.79 Å². The second-order valence-corrected chi connectivity index (χ2v) is 10.5. The molecule has 3 N–H and O–H groups in total. The predicted octanol–water partition coefficient (Wildman–Crippen LogP) is 7.51. The molecule has 1 aromatic carbocycles. The van der Waals surface area contributed by atoms with Crippen molar-refractivity contribution < 1.29 is 4.74 Å². The lowest BCUT2D eigenvalue weighted by Crippen LogP contribution is -2.12. The molecule has 38 heavy (non-hydrogen) atoms. The van der Waals surface area contributed by atoms with Gasteiger partial charge in [0.05, 0.1) is 12.3 Å². The highest BCUT2D eigenvalue weighted by molar-refractivity contribution is 5.73. The number of imidazole rings is 1. The minimum Gasteiger partial charge on any atom is -0.381 e. The van der Waals surface area contributed by atoms with Crippen LogP contribution >= 0.6 is 0 Å². The number of H-pyrrole nitrogens is 1. The summed E-state index contributed by atoms with van der Waals surface area (Å²) in [5.74, 6) is 0.0869. The molecule has 0 atom stereocenters. The molecule has 0 radical (unpaired) electrons. The number of rotatable bonds is 21. The fourth-order valence-electron chi connectivity index (χ4n) is 5.10. The third-order valence-corrected chi connectivity index (χ3v) is 7.33. The number of nitrogen functional groups attached to an aromatic ring is 1. The van der Waals surface area contributed by atoms with Gasteiger partial charge in [-0.05, 0) is 24.5 Å². The predicted molar refractivity (Wildman–Crippen MR) is 158 cm³/mol. The van der Waals surface area contributed by atoms with Gasteiger partial charge in [0.1, 0.15) is 6.33 Å². The van der Waals surface area contributed by atoms with Gasteiger partial charge in [-0.3, -0.25) is 14.3 Å². The number of aromatic nitrogens is 4. The maximum Gasteiger partial charge on any atom is 0.280 e. The molecule has 3 rings (SSSR count). The summed E-state index contributed by atoms with van der Waals surface area (Å²) in [4.78, 5) is 23.1. The quantitative estimate of drug-likeness (QED) is 0.141. The first-order chi connectivity index (χ1) is 18.7. The van der Waals surface area contributed by atoms with Crippen molar-refractivity contribution in [2.45, 2.75) is 116 Å². The third kappa shape index (κ3) is 10.2. The number of aromatic amines is 1. The summed E-state index contributed by atoms with van der Waals surface area (Å²) < 4.78 is 7.76. The Bertz CT molecular complexity index is 1110. The topological polar surface area (TPSA) is 98.8 Å². The Hall–Kier alpha value is -2.67. The van der Waals surface area contributed by atoms with E-state index in [1.807, 2.05) is 22.8 Å². The smallest absolute Gasteiger partial charge is 0.280 e. The molecule has 0 bridgehead atoms. The van der Waals surface area contributed by atoms with Gasteiger partial charge in [-0.1, -0.05) is 121 Å². The number of nitrogens with two attached hydrogens (primary N) is 1. The average Bonchev–Trinajstić information content (AvgIpc) is 3.34. The molecule has 210 valence electrons. The van der Waals surface area contributed by atoms with E-state index in [-0.39, 0.29) is 17.0 Å². The Kier molecular flexibility index (Phi) is 14.0. The van der Waals surface area contributed by atoms with Gasteiger partial charge in [0.15, 0.2) is 11.2 Å². The molecular formula is C31H49N5O2. The van der Waals surface area contributed by atoms with Crippen molar-refractivity contribution in [1.29, 1.82) is 0 Å². The molecule has 0 amide bonds. The van der Waals surface area contributed by atoms with Crippen LogP contribution in [0.25, 0.3) is 16.9 Å². The highest BCUT2D eigenvalue weighted by atomic mass is 16.5.